The van der Waals surface area contributed by atoms with Gasteiger partial charge in [-0.25, -0.2) is 14.0 Å². The van der Waals surface area contributed by atoms with E-state index in [9.17, 15) is 18.8 Å². The van der Waals surface area contributed by atoms with E-state index in [1.54, 1.807) is 30.3 Å². The molecule has 0 fully saturated rings. The standard InChI is InChI=1S/C18H17FN2O4/c1-12(20-18(24)21-15-8-3-2-4-9-15)17(23)25-11-16(22)13-6-5-7-14(19)10-13/h2-10,12H,11H2,1H3,(H2,20,21,24)/t12-/m0/s1. The number of carbonyl (C=O) groups is 3. The molecule has 0 aromatic heterocycles. The number of ether oxygens (including phenoxy) is 1. The second kappa shape index (κ2) is 8.58. The summed E-state index contributed by atoms with van der Waals surface area (Å²) in [5.41, 5.74) is 0.678. The van der Waals surface area contributed by atoms with E-state index >= 15 is 0 Å². The molecule has 0 radical (unpaired) electrons. The van der Waals surface area contributed by atoms with E-state index < -0.39 is 36.2 Å². The van der Waals surface area contributed by atoms with Crippen LogP contribution in [0, 0.1) is 5.82 Å². The Morgan fingerprint density at radius 3 is 2.48 bits per heavy atom. The quantitative estimate of drug-likeness (QED) is 0.623. The summed E-state index contributed by atoms with van der Waals surface area (Å²) >= 11 is 0. The van der Waals surface area contributed by atoms with E-state index in [4.69, 9.17) is 4.74 Å². The van der Waals surface area contributed by atoms with Crippen LogP contribution < -0.4 is 10.6 Å². The summed E-state index contributed by atoms with van der Waals surface area (Å²) in [6.07, 6.45) is 0. The summed E-state index contributed by atoms with van der Waals surface area (Å²) in [5, 5.41) is 4.96. The highest BCUT2D eigenvalue weighted by Crippen LogP contribution is 2.06. The zero-order valence-corrected chi connectivity index (χ0v) is 13.5. The van der Waals surface area contributed by atoms with Crippen LogP contribution in [0.1, 0.15) is 17.3 Å². The maximum absolute atomic E-state index is 13.1. The molecule has 0 aliphatic rings. The van der Waals surface area contributed by atoms with Crippen LogP contribution in [-0.2, 0) is 9.53 Å². The van der Waals surface area contributed by atoms with Gasteiger partial charge in [0.05, 0.1) is 0 Å². The molecule has 6 nitrogen and oxygen atoms in total. The van der Waals surface area contributed by atoms with Gasteiger partial charge in [-0.15, -0.1) is 0 Å². The van der Waals surface area contributed by atoms with Crippen molar-refractivity contribution < 1.29 is 23.5 Å². The van der Waals surface area contributed by atoms with Gasteiger partial charge >= 0.3 is 12.0 Å². The smallest absolute Gasteiger partial charge is 0.328 e. The van der Waals surface area contributed by atoms with Crippen LogP contribution >= 0.6 is 0 Å². The maximum Gasteiger partial charge on any atom is 0.328 e. The lowest BCUT2D eigenvalue weighted by Crippen LogP contribution is -2.42. The summed E-state index contributed by atoms with van der Waals surface area (Å²) in [5.74, 6) is -1.86. The van der Waals surface area contributed by atoms with E-state index in [0.29, 0.717) is 5.69 Å². The first-order chi connectivity index (χ1) is 12.0. The third-order valence-corrected chi connectivity index (χ3v) is 3.22. The predicted molar refractivity (Wildman–Crippen MR) is 89.7 cm³/mol. The predicted octanol–water partition coefficient (Wildman–Crippen LogP) is 2.76. The second-order valence-corrected chi connectivity index (χ2v) is 5.23. The van der Waals surface area contributed by atoms with Crippen LogP contribution in [-0.4, -0.2) is 30.4 Å². The molecule has 0 unspecified atom stereocenters. The molecule has 7 heteroatoms. The van der Waals surface area contributed by atoms with Crippen molar-refractivity contribution in [3.8, 4) is 0 Å². The number of hydrogen-bond acceptors (Lipinski definition) is 4. The number of halogens is 1. The largest absolute Gasteiger partial charge is 0.456 e. The highest BCUT2D eigenvalue weighted by Gasteiger charge is 2.19. The average molecular weight is 344 g/mol. The molecule has 2 N–H and O–H groups in total. The SMILES string of the molecule is C[C@H](NC(=O)Nc1ccccc1)C(=O)OCC(=O)c1cccc(F)c1. The normalized spacial score (nSPS) is 11.3. The van der Waals surface area contributed by atoms with E-state index in [-0.39, 0.29) is 5.56 Å². The van der Waals surface area contributed by atoms with Crippen LogP contribution in [0.15, 0.2) is 54.6 Å². The van der Waals surface area contributed by atoms with Gasteiger partial charge in [0.25, 0.3) is 0 Å². The molecule has 2 aromatic rings. The number of anilines is 1. The molecule has 0 saturated heterocycles. The molecule has 0 aliphatic heterocycles. The van der Waals surface area contributed by atoms with Crippen molar-refractivity contribution in [3.63, 3.8) is 0 Å². The number of Topliss-reactive ketones (excluding diaryl/α,β-unsaturated/α-hetero) is 1. The van der Waals surface area contributed by atoms with E-state index in [0.717, 1.165) is 6.07 Å². The number of hydrogen-bond donors (Lipinski definition) is 2. The highest BCUT2D eigenvalue weighted by atomic mass is 19.1. The highest BCUT2D eigenvalue weighted by molar-refractivity contribution is 5.98. The van der Waals surface area contributed by atoms with Crippen LogP contribution in [0.3, 0.4) is 0 Å². The topological polar surface area (TPSA) is 84.5 Å². The minimum Gasteiger partial charge on any atom is -0.456 e. The minimum atomic E-state index is -0.955. The fraction of sp³-hybridized carbons (Fsp3) is 0.167. The van der Waals surface area contributed by atoms with Gasteiger partial charge in [0.15, 0.2) is 12.4 Å². The molecule has 0 saturated carbocycles. The van der Waals surface area contributed by atoms with Gasteiger partial charge in [-0.1, -0.05) is 30.3 Å². The van der Waals surface area contributed by atoms with Crippen molar-refractivity contribution in [3.05, 3.63) is 66.0 Å². The zero-order valence-electron chi connectivity index (χ0n) is 13.5. The molecular weight excluding hydrogens is 327 g/mol. The van der Waals surface area contributed by atoms with Gasteiger partial charge in [-0.05, 0) is 31.2 Å². The van der Waals surface area contributed by atoms with Gasteiger partial charge in [0.1, 0.15) is 11.9 Å². The first kappa shape index (κ1) is 18.1. The Bertz CT molecular complexity index is 765. The van der Waals surface area contributed by atoms with Crippen molar-refractivity contribution in [1.82, 2.24) is 5.32 Å². The molecule has 0 heterocycles. The van der Waals surface area contributed by atoms with Crippen molar-refractivity contribution in [2.24, 2.45) is 0 Å². The molecule has 130 valence electrons. The Kier molecular flexibility index (Phi) is 6.22. The van der Waals surface area contributed by atoms with Crippen molar-refractivity contribution >= 4 is 23.5 Å². The first-order valence-electron chi connectivity index (χ1n) is 7.53. The van der Waals surface area contributed by atoms with Crippen molar-refractivity contribution in [1.29, 1.82) is 0 Å². The zero-order chi connectivity index (χ0) is 18.2. The lowest BCUT2D eigenvalue weighted by molar-refractivity contribution is -0.144. The molecule has 25 heavy (non-hydrogen) atoms. The molecule has 0 aliphatic carbocycles. The summed E-state index contributed by atoms with van der Waals surface area (Å²) in [7, 11) is 0. The van der Waals surface area contributed by atoms with E-state index in [1.807, 2.05) is 0 Å². The number of urea groups is 1. The Morgan fingerprint density at radius 2 is 1.80 bits per heavy atom. The Balaban J connectivity index is 1.80. The lowest BCUT2D eigenvalue weighted by atomic mass is 10.1. The van der Waals surface area contributed by atoms with E-state index in [1.165, 1.54) is 25.1 Å². The Labute approximate surface area is 144 Å². The maximum atomic E-state index is 13.1. The molecule has 0 spiro atoms. The number of amides is 2. The third-order valence-electron chi connectivity index (χ3n) is 3.22. The monoisotopic (exact) mass is 344 g/mol. The van der Waals surface area contributed by atoms with Crippen molar-refractivity contribution in [2.75, 3.05) is 11.9 Å². The third kappa shape index (κ3) is 5.72. The Morgan fingerprint density at radius 1 is 1.08 bits per heavy atom. The van der Waals surface area contributed by atoms with Crippen LogP contribution in [0.2, 0.25) is 0 Å². The van der Waals surface area contributed by atoms with Crippen LogP contribution in [0.5, 0.6) is 0 Å². The van der Waals surface area contributed by atoms with Gasteiger partial charge in [0.2, 0.25) is 0 Å². The summed E-state index contributed by atoms with van der Waals surface area (Å²) in [6.45, 7) is 0.897. The fourth-order valence-electron chi connectivity index (χ4n) is 1.95. The number of nitrogens with one attached hydrogen (secondary N) is 2. The Hall–Kier alpha value is -3.22. The van der Waals surface area contributed by atoms with Gasteiger partial charge < -0.3 is 15.4 Å². The average Bonchev–Trinajstić information content (AvgIpc) is 2.60. The molecule has 1 atom stereocenters. The van der Waals surface area contributed by atoms with Gasteiger partial charge in [0, 0.05) is 11.3 Å². The molecular formula is C18H17FN2O4. The fourth-order valence-corrected chi connectivity index (χ4v) is 1.95. The number of carbonyl (C=O) groups excluding carboxylic acids is 3. The summed E-state index contributed by atoms with van der Waals surface area (Å²) < 4.78 is 17.9. The van der Waals surface area contributed by atoms with Gasteiger partial charge in [-0.2, -0.15) is 0 Å². The molecule has 2 aromatic carbocycles. The summed E-state index contributed by atoms with van der Waals surface area (Å²) in [4.78, 5) is 35.5. The lowest BCUT2D eigenvalue weighted by Gasteiger charge is -2.14. The molecule has 0 bridgehead atoms. The number of rotatable bonds is 6. The second-order valence-electron chi connectivity index (χ2n) is 5.23. The molecule has 2 rings (SSSR count). The number of benzene rings is 2. The number of esters is 1. The van der Waals surface area contributed by atoms with Crippen LogP contribution in [0.4, 0.5) is 14.9 Å². The summed E-state index contributed by atoms with van der Waals surface area (Å²) in [6, 6.07) is 12.3. The van der Waals surface area contributed by atoms with Crippen molar-refractivity contribution in [2.45, 2.75) is 13.0 Å². The minimum absolute atomic E-state index is 0.107. The van der Waals surface area contributed by atoms with E-state index in [2.05, 4.69) is 10.6 Å². The van der Waals surface area contributed by atoms with Gasteiger partial charge in [-0.3, -0.25) is 4.79 Å². The number of ketones is 1. The molecule has 2 amide bonds. The first-order valence-corrected chi connectivity index (χ1v) is 7.53. The van der Waals surface area contributed by atoms with Crippen LogP contribution in [0.25, 0.3) is 0 Å². The number of para-hydroxylation sites is 1.